The van der Waals surface area contributed by atoms with Gasteiger partial charge in [0.15, 0.2) is 6.61 Å². The number of ether oxygens (including phenoxy) is 1. The van der Waals surface area contributed by atoms with Crippen molar-refractivity contribution in [2.75, 3.05) is 16.8 Å². The van der Waals surface area contributed by atoms with E-state index in [0.717, 1.165) is 27.5 Å². The smallest absolute Gasteiger partial charge is 0.305 e. The summed E-state index contributed by atoms with van der Waals surface area (Å²) < 4.78 is 28.7. The molecule has 6 unspecified atom stereocenters. The number of thioether (sulfide) groups is 1. The molecule has 8 rings (SSSR count). The lowest BCUT2D eigenvalue weighted by Crippen LogP contribution is -2.42. The molecule has 1 aromatic heterocycles. The summed E-state index contributed by atoms with van der Waals surface area (Å²) in [6.07, 6.45) is 0.799. The van der Waals surface area contributed by atoms with E-state index in [4.69, 9.17) is 9.88 Å². The first-order valence-corrected chi connectivity index (χ1v) is 18.7. The molecule has 0 radical (unpaired) electrons. The van der Waals surface area contributed by atoms with Crippen LogP contribution in [0.5, 0.6) is 5.75 Å². The molecule has 4 aromatic rings. The summed E-state index contributed by atoms with van der Waals surface area (Å²) in [6.45, 7) is 1.70. The van der Waals surface area contributed by atoms with E-state index in [-0.39, 0.29) is 68.9 Å². The highest BCUT2D eigenvalue weighted by Gasteiger charge is 2.69. The van der Waals surface area contributed by atoms with Gasteiger partial charge in [-0.25, -0.2) is 13.6 Å². The minimum atomic E-state index is -3.84. The average molecular weight is 703 g/mol. The van der Waals surface area contributed by atoms with Crippen LogP contribution in [-0.4, -0.2) is 43.0 Å². The van der Waals surface area contributed by atoms with Gasteiger partial charge >= 0.3 is 4.87 Å². The number of fused-ring (bicyclic) bond motifs is 9. The van der Waals surface area contributed by atoms with Gasteiger partial charge in [0.2, 0.25) is 21.8 Å². The van der Waals surface area contributed by atoms with E-state index in [0.29, 0.717) is 17.1 Å². The Balaban J connectivity index is 1.02. The molecule has 3 aromatic carbocycles. The molecule has 4 N–H and O–H groups in total. The number of nitrogens with one attached hydrogen (secondary N) is 2. The molecule has 4 aliphatic rings. The maximum Gasteiger partial charge on any atom is 0.305 e. The summed E-state index contributed by atoms with van der Waals surface area (Å²) >= 11 is 2.84. The number of nitrogens with two attached hydrogens (primary N) is 1. The number of anilines is 2. The van der Waals surface area contributed by atoms with Gasteiger partial charge in [-0.15, -0.1) is 11.8 Å². The van der Waals surface area contributed by atoms with Crippen LogP contribution < -0.4 is 25.0 Å². The number of thiazole rings is 1. The summed E-state index contributed by atoms with van der Waals surface area (Å²) in [6, 6.07) is 20.4. The van der Waals surface area contributed by atoms with Crippen LogP contribution in [0.15, 0.2) is 87.5 Å². The Kier molecular flexibility index (Phi) is 7.40. The van der Waals surface area contributed by atoms with Crippen LogP contribution in [0, 0.1) is 36.5 Å². The Morgan fingerprint density at radius 3 is 2.29 bits per heavy atom. The topological polar surface area (TPSA) is 169 Å². The van der Waals surface area contributed by atoms with Crippen LogP contribution in [0.3, 0.4) is 0 Å². The number of aromatic amines is 1. The maximum absolute atomic E-state index is 13.9. The van der Waals surface area contributed by atoms with Gasteiger partial charge in [-0.3, -0.25) is 24.1 Å². The van der Waals surface area contributed by atoms with Crippen LogP contribution in [-0.2, 0) is 24.4 Å². The van der Waals surface area contributed by atoms with Crippen LogP contribution in [0.25, 0.3) is 0 Å². The lowest BCUT2D eigenvalue weighted by atomic mass is 9.68. The number of aromatic nitrogens is 1. The second-order valence-corrected chi connectivity index (χ2v) is 16.5. The highest BCUT2D eigenvalue weighted by Crippen LogP contribution is 2.68. The number of amides is 3. The highest BCUT2D eigenvalue weighted by molar-refractivity contribution is 8.00. The van der Waals surface area contributed by atoms with E-state index < -0.39 is 15.9 Å². The number of rotatable bonds is 7. The molecule has 1 saturated heterocycles. The fourth-order valence-corrected chi connectivity index (χ4v) is 11.6. The molecule has 11 nitrogen and oxygen atoms in total. The number of benzene rings is 3. The third-order valence-electron chi connectivity index (χ3n) is 10.1. The van der Waals surface area contributed by atoms with Crippen LogP contribution >= 0.6 is 23.1 Å². The zero-order valence-electron chi connectivity index (χ0n) is 25.5. The molecule has 14 heteroatoms. The van der Waals surface area contributed by atoms with E-state index >= 15 is 0 Å². The number of aryl methyl sites for hydroxylation is 1. The summed E-state index contributed by atoms with van der Waals surface area (Å²) in [5, 5.41) is 8.70. The fourth-order valence-electron chi connectivity index (χ4n) is 8.18. The minimum Gasteiger partial charge on any atom is -0.484 e. The van der Waals surface area contributed by atoms with E-state index in [2.05, 4.69) is 10.3 Å². The van der Waals surface area contributed by atoms with Crippen molar-refractivity contribution in [2.24, 2.45) is 34.7 Å². The molecule has 2 saturated carbocycles. The Hall–Kier alpha value is -4.24. The SMILES string of the molecule is Cc1ccc(N2C(=O)C3C4CC(C3C2=O)C2C4Sc3[nH]c(=O)sc3[C@@H]2c2ccc(OCC(=O)Nc3ccc(S(N)(=O)=O)cc3)cc2)cc1. The molecule has 7 atom stereocenters. The molecule has 2 aliphatic carbocycles. The minimum absolute atomic E-state index is 0.00148. The van der Waals surface area contributed by atoms with Gasteiger partial charge in [0, 0.05) is 21.7 Å². The number of sulfonamides is 1. The second kappa shape index (κ2) is 11.4. The number of hydrogen-bond acceptors (Lipinski definition) is 9. The van der Waals surface area contributed by atoms with Crippen LogP contribution in [0.4, 0.5) is 11.4 Å². The quantitative estimate of drug-likeness (QED) is 0.242. The number of hydrogen-bond donors (Lipinski definition) is 3. The molecule has 3 fully saturated rings. The predicted octanol–water partition coefficient (Wildman–Crippen LogP) is 4.09. The Bertz CT molecular complexity index is 2130. The van der Waals surface area contributed by atoms with Crippen molar-refractivity contribution in [3.05, 3.63) is 98.5 Å². The first kappa shape index (κ1) is 31.1. The van der Waals surface area contributed by atoms with Crippen molar-refractivity contribution in [2.45, 2.75) is 34.4 Å². The second-order valence-electron chi connectivity index (χ2n) is 12.8. The summed E-state index contributed by atoms with van der Waals surface area (Å²) in [5.74, 6) is -0.999. The number of H-pyrrole nitrogens is 1. The van der Waals surface area contributed by atoms with Crippen molar-refractivity contribution in [1.82, 2.24) is 4.98 Å². The van der Waals surface area contributed by atoms with E-state index in [1.165, 1.54) is 40.5 Å². The number of primary sulfonamides is 1. The normalized spacial score (nSPS) is 27.0. The standard InChI is InChI=1S/C34H30N4O7S3/c1-16-2-8-19(9-3-16)38-32(40)27-22-14-23(28(27)33(38)41)29-26(22)25(30-31(46-29)37-34(42)47-30)17-4-10-20(11-5-17)45-15-24(39)36-18-6-12-21(13-7-18)48(35,43)44/h2-13,22-23,25-29H,14-15H2,1H3,(H,36,39)(H,37,42)(H2,35,43,44)/t22?,23?,25-,26?,27?,28?,29?/m1/s1. The van der Waals surface area contributed by atoms with Gasteiger partial charge in [-0.05, 0) is 85.2 Å². The summed E-state index contributed by atoms with van der Waals surface area (Å²) in [5.41, 5.74) is 3.04. The van der Waals surface area contributed by atoms with E-state index in [9.17, 15) is 27.6 Å². The molecular formula is C34H30N4O7S3. The molecule has 2 bridgehead atoms. The molecular weight excluding hydrogens is 673 g/mol. The molecule has 3 heterocycles. The highest BCUT2D eigenvalue weighted by atomic mass is 32.2. The summed E-state index contributed by atoms with van der Waals surface area (Å²) in [4.78, 5) is 58.1. The van der Waals surface area contributed by atoms with Crippen molar-refractivity contribution in [3.8, 4) is 5.75 Å². The molecule has 2 aliphatic heterocycles. The van der Waals surface area contributed by atoms with Gasteiger partial charge in [0.25, 0.3) is 5.91 Å². The van der Waals surface area contributed by atoms with Crippen molar-refractivity contribution in [3.63, 3.8) is 0 Å². The molecule has 3 amide bonds. The molecule has 0 spiro atoms. The van der Waals surface area contributed by atoms with Gasteiger partial charge in [0.1, 0.15) is 5.75 Å². The Labute approximate surface area is 283 Å². The average Bonchev–Trinajstić information content (AvgIpc) is 3.79. The number of carbonyl (C=O) groups is 3. The predicted molar refractivity (Wildman–Crippen MR) is 181 cm³/mol. The third-order valence-corrected chi connectivity index (χ3v) is 13.6. The van der Waals surface area contributed by atoms with E-state index in [1.807, 2.05) is 43.3 Å². The van der Waals surface area contributed by atoms with Crippen molar-refractivity contribution < 1.29 is 27.5 Å². The number of imide groups is 1. The van der Waals surface area contributed by atoms with Crippen molar-refractivity contribution in [1.29, 1.82) is 0 Å². The summed E-state index contributed by atoms with van der Waals surface area (Å²) in [7, 11) is -3.84. The van der Waals surface area contributed by atoms with Gasteiger partial charge in [0.05, 0.1) is 27.4 Å². The molecule has 246 valence electrons. The largest absolute Gasteiger partial charge is 0.484 e. The first-order valence-electron chi connectivity index (χ1n) is 15.5. The monoisotopic (exact) mass is 702 g/mol. The Morgan fingerprint density at radius 2 is 1.62 bits per heavy atom. The van der Waals surface area contributed by atoms with E-state index in [1.54, 1.807) is 23.9 Å². The fraction of sp³-hybridized carbons (Fsp3) is 0.294. The van der Waals surface area contributed by atoms with Gasteiger partial charge in [-0.2, -0.15) is 0 Å². The van der Waals surface area contributed by atoms with Crippen LogP contribution in [0.2, 0.25) is 0 Å². The molecule has 48 heavy (non-hydrogen) atoms. The lowest BCUT2D eigenvalue weighted by Gasteiger charge is -2.43. The van der Waals surface area contributed by atoms with Gasteiger partial charge in [-0.1, -0.05) is 41.2 Å². The lowest BCUT2D eigenvalue weighted by molar-refractivity contribution is -0.123. The Morgan fingerprint density at radius 1 is 0.958 bits per heavy atom. The third kappa shape index (κ3) is 5.09. The zero-order valence-corrected chi connectivity index (χ0v) is 27.9. The van der Waals surface area contributed by atoms with Gasteiger partial charge < -0.3 is 15.0 Å². The first-order chi connectivity index (χ1) is 23.0. The number of carbonyl (C=O) groups excluding carboxylic acids is 3. The van der Waals surface area contributed by atoms with Crippen LogP contribution in [0.1, 0.15) is 28.3 Å². The maximum atomic E-state index is 13.9. The van der Waals surface area contributed by atoms with Crippen molar-refractivity contribution >= 4 is 62.2 Å². The number of nitrogens with zero attached hydrogens (tertiary/aromatic N) is 1. The zero-order chi connectivity index (χ0) is 33.5.